The van der Waals surface area contributed by atoms with E-state index in [1.165, 1.54) is 5.56 Å². The molecule has 1 aliphatic rings. The molecular formula is C21H23N7O. The number of pyridine rings is 1. The van der Waals surface area contributed by atoms with Crippen LogP contribution in [0.1, 0.15) is 5.56 Å². The number of amides is 2. The van der Waals surface area contributed by atoms with Crippen LogP contribution >= 0.6 is 0 Å². The van der Waals surface area contributed by atoms with E-state index in [4.69, 9.17) is 0 Å². The first-order chi connectivity index (χ1) is 14.2. The first-order valence-electron chi connectivity index (χ1n) is 9.56. The normalized spacial score (nSPS) is 13.8. The van der Waals surface area contributed by atoms with Gasteiger partial charge >= 0.3 is 6.03 Å². The molecule has 1 fully saturated rings. The lowest BCUT2D eigenvalue weighted by Crippen LogP contribution is -2.50. The Hall–Kier alpha value is -3.68. The minimum atomic E-state index is -0.0727. The predicted molar refractivity (Wildman–Crippen MR) is 114 cm³/mol. The Morgan fingerprint density at radius 2 is 1.59 bits per heavy atom. The van der Waals surface area contributed by atoms with Crippen LogP contribution in [0.3, 0.4) is 0 Å². The predicted octanol–water partition coefficient (Wildman–Crippen LogP) is 3.28. The molecule has 0 bridgehead atoms. The summed E-state index contributed by atoms with van der Waals surface area (Å²) in [7, 11) is 0. The van der Waals surface area contributed by atoms with Gasteiger partial charge in [-0.25, -0.2) is 4.79 Å². The minimum absolute atomic E-state index is 0.0727. The van der Waals surface area contributed by atoms with Gasteiger partial charge in [0.1, 0.15) is 0 Å². The summed E-state index contributed by atoms with van der Waals surface area (Å²) in [4.78, 5) is 20.4. The minimum Gasteiger partial charge on any atom is -0.352 e. The van der Waals surface area contributed by atoms with Gasteiger partial charge < -0.3 is 20.4 Å². The lowest BCUT2D eigenvalue weighted by Gasteiger charge is -2.35. The molecule has 8 nitrogen and oxygen atoms in total. The molecule has 2 N–H and O–H groups in total. The van der Waals surface area contributed by atoms with Gasteiger partial charge in [0.15, 0.2) is 11.6 Å². The summed E-state index contributed by atoms with van der Waals surface area (Å²) >= 11 is 0. The fraction of sp³-hybridized carbons (Fsp3) is 0.238. The molecule has 29 heavy (non-hydrogen) atoms. The summed E-state index contributed by atoms with van der Waals surface area (Å²) in [5.74, 6) is 1.49. The highest BCUT2D eigenvalue weighted by molar-refractivity contribution is 5.89. The highest BCUT2D eigenvalue weighted by Crippen LogP contribution is 2.17. The van der Waals surface area contributed by atoms with Gasteiger partial charge in [0.2, 0.25) is 0 Å². The third kappa shape index (κ3) is 4.78. The Labute approximate surface area is 169 Å². The molecular weight excluding hydrogens is 366 g/mol. The van der Waals surface area contributed by atoms with E-state index in [-0.39, 0.29) is 6.03 Å². The molecule has 4 rings (SSSR count). The molecule has 1 saturated heterocycles. The van der Waals surface area contributed by atoms with Gasteiger partial charge in [-0.15, -0.1) is 10.2 Å². The Bertz CT molecular complexity index is 937. The fourth-order valence-corrected chi connectivity index (χ4v) is 3.12. The van der Waals surface area contributed by atoms with E-state index in [1.807, 2.05) is 60.4 Å². The molecule has 2 aromatic heterocycles. The van der Waals surface area contributed by atoms with Crippen molar-refractivity contribution in [3.63, 3.8) is 0 Å². The van der Waals surface area contributed by atoms with E-state index in [0.29, 0.717) is 32.0 Å². The van der Waals surface area contributed by atoms with Crippen LogP contribution in [0, 0.1) is 6.92 Å². The summed E-state index contributed by atoms with van der Waals surface area (Å²) in [6.07, 6.45) is 3.44. The number of carbonyl (C=O) groups excluding carboxylic acids is 1. The second-order valence-corrected chi connectivity index (χ2v) is 6.91. The number of carbonyl (C=O) groups is 1. The fourth-order valence-electron chi connectivity index (χ4n) is 3.12. The first kappa shape index (κ1) is 18.7. The average molecular weight is 389 g/mol. The van der Waals surface area contributed by atoms with E-state index < -0.39 is 0 Å². The van der Waals surface area contributed by atoms with Crippen molar-refractivity contribution in [1.82, 2.24) is 20.1 Å². The molecule has 1 aliphatic heterocycles. The molecule has 0 aliphatic carbocycles. The number of benzene rings is 1. The number of hydrogen-bond donors (Lipinski definition) is 2. The number of aryl methyl sites for hydroxylation is 1. The number of aromatic nitrogens is 3. The summed E-state index contributed by atoms with van der Waals surface area (Å²) in [5.41, 5.74) is 2.89. The van der Waals surface area contributed by atoms with Crippen LogP contribution in [0.4, 0.5) is 27.8 Å². The van der Waals surface area contributed by atoms with Gasteiger partial charge in [-0.2, -0.15) is 0 Å². The van der Waals surface area contributed by atoms with E-state index >= 15 is 0 Å². The van der Waals surface area contributed by atoms with Crippen LogP contribution in [0.15, 0.2) is 60.9 Å². The lowest BCUT2D eigenvalue weighted by molar-refractivity contribution is 0.208. The van der Waals surface area contributed by atoms with Crippen molar-refractivity contribution in [3.05, 3.63) is 66.5 Å². The number of nitrogens with zero attached hydrogens (tertiary/aromatic N) is 5. The zero-order valence-corrected chi connectivity index (χ0v) is 16.2. The van der Waals surface area contributed by atoms with Crippen LogP contribution in [0.2, 0.25) is 0 Å². The molecule has 8 heteroatoms. The van der Waals surface area contributed by atoms with Gasteiger partial charge in [-0.3, -0.25) is 4.98 Å². The zero-order valence-electron chi connectivity index (χ0n) is 16.2. The maximum Gasteiger partial charge on any atom is 0.321 e. The van der Waals surface area contributed by atoms with Gasteiger partial charge in [0.25, 0.3) is 0 Å². The largest absolute Gasteiger partial charge is 0.352 e. The number of piperazine rings is 1. The Morgan fingerprint density at radius 3 is 2.24 bits per heavy atom. The summed E-state index contributed by atoms with van der Waals surface area (Å²) in [6.45, 7) is 4.72. The Kier molecular flexibility index (Phi) is 5.51. The van der Waals surface area contributed by atoms with Gasteiger partial charge in [0, 0.05) is 49.9 Å². The van der Waals surface area contributed by atoms with Crippen LogP contribution in [0.25, 0.3) is 0 Å². The Balaban J connectivity index is 1.30. The summed E-state index contributed by atoms with van der Waals surface area (Å²) in [6, 6.07) is 15.3. The second kappa shape index (κ2) is 8.55. The van der Waals surface area contributed by atoms with Crippen LogP contribution in [-0.4, -0.2) is 52.3 Å². The number of urea groups is 1. The highest BCUT2D eigenvalue weighted by atomic mass is 16.2. The molecule has 0 unspecified atom stereocenters. The lowest BCUT2D eigenvalue weighted by atomic mass is 10.2. The topological polar surface area (TPSA) is 86.3 Å². The quantitative estimate of drug-likeness (QED) is 0.712. The zero-order chi connectivity index (χ0) is 20.1. The summed E-state index contributed by atoms with van der Waals surface area (Å²) in [5, 5.41) is 14.7. The Morgan fingerprint density at radius 1 is 0.862 bits per heavy atom. The second-order valence-electron chi connectivity index (χ2n) is 6.91. The summed E-state index contributed by atoms with van der Waals surface area (Å²) < 4.78 is 0. The number of nitrogens with one attached hydrogen (secondary N) is 2. The third-order valence-electron chi connectivity index (χ3n) is 4.80. The van der Waals surface area contributed by atoms with Crippen molar-refractivity contribution < 1.29 is 4.79 Å². The van der Waals surface area contributed by atoms with E-state index in [2.05, 4.69) is 30.7 Å². The van der Waals surface area contributed by atoms with Gasteiger partial charge in [-0.1, -0.05) is 17.7 Å². The third-order valence-corrected chi connectivity index (χ3v) is 4.80. The average Bonchev–Trinajstić information content (AvgIpc) is 2.77. The molecule has 148 valence electrons. The van der Waals surface area contributed by atoms with Gasteiger partial charge in [0.05, 0.1) is 0 Å². The van der Waals surface area contributed by atoms with E-state index in [1.54, 1.807) is 12.4 Å². The molecule has 3 heterocycles. The number of hydrogen-bond acceptors (Lipinski definition) is 6. The van der Waals surface area contributed by atoms with Crippen LogP contribution in [0.5, 0.6) is 0 Å². The maximum atomic E-state index is 12.5. The van der Waals surface area contributed by atoms with Crippen molar-refractivity contribution in [3.8, 4) is 0 Å². The van der Waals surface area contributed by atoms with Crippen molar-refractivity contribution >= 4 is 29.0 Å². The molecule has 0 atom stereocenters. The SMILES string of the molecule is Cc1ccc(NC(=O)N2CCN(c3ccc(Nc4ccncc4)nn3)CC2)cc1. The molecule has 2 amide bonds. The van der Waals surface area contributed by atoms with Crippen LogP contribution < -0.4 is 15.5 Å². The van der Waals surface area contributed by atoms with Crippen LogP contribution in [-0.2, 0) is 0 Å². The number of rotatable bonds is 4. The maximum absolute atomic E-state index is 12.5. The van der Waals surface area contributed by atoms with Crippen molar-refractivity contribution in [2.24, 2.45) is 0 Å². The first-order valence-corrected chi connectivity index (χ1v) is 9.56. The molecule has 0 radical (unpaired) electrons. The molecule has 0 spiro atoms. The number of anilines is 4. The molecule has 1 aromatic carbocycles. The van der Waals surface area contributed by atoms with Crippen molar-refractivity contribution in [2.75, 3.05) is 41.7 Å². The van der Waals surface area contributed by atoms with Gasteiger partial charge in [-0.05, 0) is 43.3 Å². The van der Waals surface area contributed by atoms with Crippen molar-refractivity contribution in [2.45, 2.75) is 6.92 Å². The molecule has 3 aromatic rings. The smallest absolute Gasteiger partial charge is 0.321 e. The van der Waals surface area contributed by atoms with E-state index in [0.717, 1.165) is 17.2 Å². The van der Waals surface area contributed by atoms with E-state index in [9.17, 15) is 4.79 Å². The highest BCUT2D eigenvalue weighted by Gasteiger charge is 2.22. The standard InChI is InChI=1S/C21H23N7O/c1-16-2-4-17(5-3-16)24-21(29)28-14-12-27(13-15-28)20-7-6-19(25-26-20)23-18-8-10-22-11-9-18/h2-11H,12-15H2,1H3,(H,24,29)(H,22,23,25). The monoisotopic (exact) mass is 389 g/mol. The molecule has 0 saturated carbocycles. The van der Waals surface area contributed by atoms with Crippen molar-refractivity contribution in [1.29, 1.82) is 0 Å².